The molecule has 6 nitrogen and oxygen atoms in total. The van der Waals surface area contributed by atoms with E-state index in [1.165, 1.54) is 18.4 Å². The predicted molar refractivity (Wildman–Crippen MR) is 92.9 cm³/mol. The smallest absolute Gasteiger partial charge is 0.223 e. The Bertz CT molecular complexity index is 707. The van der Waals surface area contributed by atoms with Crippen LogP contribution < -0.4 is 5.32 Å². The molecule has 2 aromatic heterocycles. The van der Waals surface area contributed by atoms with Crippen LogP contribution in [0.1, 0.15) is 44.1 Å². The van der Waals surface area contributed by atoms with Gasteiger partial charge in [0.15, 0.2) is 0 Å². The van der Waals surface area contributed by atoms with E-state index in [1.54, 1.807) is 6.20 Å². The van der Waals surface area contributed by atoms with E-state index in [0.717, 1.165) is 43.7 Å². The number of hydrogen-bond donors (Lipinski definition) is 3. The zero-order valence-electron chi connectivity index (χ0n) is 13.5. The molecule has 2 aliphatic carbocycles. The summed E-state index contributed by atoms with van der Waals surface area (Å²) in [6, 6.07) is 0.301. The molecular weight excluding hydrogens is 326 g/mol. The van der Waals surface area contributed by atoms with Crippen LogP contribution in [0.2, 0.25) is 5.02 Å². The Kier molecular flexibility index (Phi) is 4.41. The van der Waals surface area contributed by atoms with Gasteiger partial charge in [-0.2, -0.15) is 5.10 Å². The molecule has 24 heavy (non-hydrogen) atoms. The van der Waals surface area contributed by atoms with Crippen molar-refractivity contribution in [3.05, 3.63) is 23.0 Å². The monoisotopic (exact) mass is 347 g/mol. The molecule has 2 saturated carbocycles. The number of nitrogens with one attached hydrogen (secondary N) is 2. The average molecular weight is 348 g/mol. The molecule has 7 heteroatoms. The van der Waals surface area contributed by atoms with Crippen molar-refractivity contribution in [2.24, 2.45) is 5.92 Å². The van der Waals surface area contributed by atoms with Crippen LogP contribution in [0.3, 0.4) is 0 Å². The zero-order chi connectivity index (χ0) is 16.5. The van der Waals surface area contributed by atoms with Gasteiger partial charge in [0, 0.05) is 6.04 Å². The maximum atomic E-state index is 9.62. The van der Waals surface area contributed by atoms with Crippen molar-refractivity contribution in [1.29, 1.82) is 0 Å². The lowest BCUT2D eigenvalue weighted by atomic mass is 9.93. The Labute approximate surface area is 146 Å². The summed E-state index contributed by atoms with van der Waals surface area (Å²) < 4.78 is 0. The maximum absolute atomic E-state index is 9.62. The van der Waals surface area contributed by atoms with Crippen LogP contribution in [0.25, 0.3) is 11.4 Å². The molecular formula is C17H22ClN5O. The Hall–Kier alpha value is -1.66. The van der Waals surface area contributed by atoms with Crippen LogP contribution in [-0.2, 0) is 6.42 Å². The molecule has 128 valence electrons. The molecule has 0 saturated heterocycles. The van der Waals surface area contributed by atoms with E-state index >= 15 is 0 Å². The number of halogens is 1. The molecule has 2 heterocycles. The number of aromatic amines is 1. The second-order valence-electron chi connectivity index (χ2n) is 6.96. The first-order valence-corrected chi connectivity index (χ1v) is 9.06. The van der Waals surface area contributed by atoms with Crippen molar-refractivity contribution >= 4 is 17.5 Å². The molecule has 0 radical (unpaired) electrons. The van der Waals surface area contributed by atoms with Crippen LogP contribution in [0.5, 0.6) is 0 Å². The summed E-state index contributed by atoms with van der Waals surface area (Å²) in [4.78, 5) is 8.94. The summed E-state index contributed by atoms with van der Waals surface area (Å²) in [5, 5.41) is 20.8. The van der Waals surface area contributed by atoms with Crippen LogP contribution in [0, 0.1) is 5.92 Å². The number of aliphatic hydroxyl groups is 1. The van der Waals surface area contributed by atoms with Gasteiger partial charge in [-0.3, -0.25) is 5.10 Å². The van der Waals surface area contributed by atoms with E-state index < -0.39 is 0 Å². The highest BCUT2D eigenvalue weighted by Gasteiger charge is 2.25. The second-order valence-corrected chi connectivity index (χ2v) is 7.36. The molecule has 4 rings (SSSR count). The SMILES string of the molecule is O[C@H]1CC[C@H](Nc2ncc(Cl)c(-c3[nH]ncc3CC3CC3)n2)CC1. The Morgan fingerprint density at radius 2 is 1.96 bits per heavy atom. The van der Waals surface area contributed by atoms with E-state index in [1.807, 2.05) is 6.20 Å². The number of aromatic nitrogens is 4. The van der Waals surface area contributed by atoms with Gasteiger partial charge in [-0.25, -0.2) is 9.97 Å². The van der Waals surface area contributed by atoms with Gasteiger partial charge in [-0.1, -0.05) is 11.6 Å². The molecule has 2 aliphatic rings. The molecule has 0 bridgehead atoms. The first-order valence-electron chi connectivity index (χ1n) is 8.69. The van der Waals surface area contributed by atoms with E-state index in [4.69, 9.17) is 11.6 Å². The fourth-order valence-electron chi connectivity index (χ4n) is 3.32. The van der Waals surface area contributed by atoms with Gasteiger partial charge >= 0.3 is 0 Å². The molecule has 0 aliphatic heterocycles. The zero-order valence-corrected chi connectivity index (χ0v) is 14.3. The third-order valence-corrected chi connectivity index (χ3v) is 5.21. The lowest BCUT2D eigenvalue weighted by Gasteiger charge is -2.26. The molecule has 0 aromatic carbocycles. The summed E-state index contributed by atoms with van der Waals surface area (Å²) in [6.07, 6.45) is 10.5. The van der Waals surface area contributed by atoms with Gasteiger partial charge in [-0.15, -0.1) is 0 Å². The largest absolute Gasteiger partial charge is 0.393 e. The number of hydrogen-bond acceptors (Lipinski definition) is 5. The van der Waals surface area contributed by atoms with Gasteiger partial charge < -0.3 is 10.4 Å². The molecule has 0 unspecified atom stereocenters. The standard InChI is InChI=1S/C17H22ClN5O/c18-14-9-19-17(21-12-3-5-13(24)6-4-12)22-16(14)15-11(8-20-23-15)7-10-1-2-10/h8-10,12-13,24H,1-7H2,(H,20,23)(H,19,21,22)/t12-,13-. The summed E-state index contributed by atoms with van der Waals surface area (Å²) in [7, 11) is 0. The number of H-pyrrole nitrogens is 1. The van der Waals surface area contributed by atoms with Crippen molar-refractivity contribution < 1.29 is 5.11 Å². The van der Waals surface area contributed by atoms with Crippen molar-refractivity contribution in [3.8, 4) is 11.4 Å². The van der Waals surface area contributed by atoms with E-state index in [0.29, 0.717) is 22.7 Å². The van der Waals surface area contributed by atoms with Crippen molar-refractivity contribution in [3.63, 3.8) is 0 Å². The summed E-state index contributed by atoms with van der Waals surface area (Å²) in [5.74, 6) is 1.36. The Balaban J connectivity index is 1.54. The highest BCUT2D eigenvalue weighted by molar-refractivity contribution is 6.32. The topological polar surface area (TPSA) is 86.7 Å². The number of rotatable bonds is 5. The molecule has 0 atom stereocenters. The van der Waals surface area contributed by atoms with Gasteiger partial charge in [0.2, 0.25) is 5.95 Å². The summed E-state index contributed by atoms with van der Waals surface area (Å²) in [5.41, 5.74) is 2.78. The van der Waals surface area contributed by atoms with Crippen molar-refractivity contribution in [2.45, 2.75) is 57.1 Å². The lowest BCUT2D eigenvalue weighted by Crippen LogP contribution is -2.29. The normalized spacial score (nSPS) is 24.1. The second kappa shape index (κ2) is 6.69. The van der Waals surface area contributed by atoms with Gasteiger partial charge in [0.05, 0.1) is 29.2 Å². The minimum absolute atomic E-state index is 0.167. The third kappa shape index (κ3) is 3.54. The first-order chi connectivity index (χ1) is 11.7. The highest BCUT2D eigenvalue weighted by atomic mass is 35.5. The first kappa shape index (κ1) is 15.8. The summed E-state index contributed by atoms with van der Waals surface area (Å²) >= 11 is 6.34. The van der Waals surface area contributed by atoms with Gasteiger partial charge in [0.1, 0.15) is 5.69 Å². The minimum atomic E-state index is -0.167. The number of nitrogens with zero attached hydrogens (tertiary/aromatic N) is 3. The fourth-order valence-corrected chi connectivity index (χ4v) is 3.50. The van der Waals surface area contributed by atoms with E-state index in [2.05, 4.69) is 25.5 Å². The molecule has 0 amide bonds. The molecule has 0 spiro atoms. The summed E-state index contributed by atoms with van der Waals surface area (Å²) in [6.45, 7) is 0. The Morgan fingerprint density at radius 3 is 2.71 bits per heavy atom. The highest BCUT2D eigenvalue weighted by Crippen LogP contribution is 2.36. The van der Waals surface area contributed by atoms with E-state index in [-0.39, 0.29) is 6.10 Å². The third-order valence-electron chi connectivity index (χ3n) is 4.93. The van der Waals surface area contributed by atoms with Crippen LogP contribution in [-0.4, -0.2) is 37.4 Å². The van der Waals surface area contributed by atoms with Crippen LogP contribution in [0.15, 0.2) is 12.4 Å². The minimum Gasteiger partial charge on any atom is -0.393 e. The molecule has 2 fully saturated rings. The maximum Gasteiger partial charge on any atom is 0.223 e. The van der Waals surface area contributed by atoms with Crippen molar-refractivity contribution in [1.82, 2.24) is 20.2 Å². The molecule has 2 aromatic rings. The van der Waals surface area contributed by atoms with Gasteiger partial charge in [0.25, 0.3) is 0 Å². The van der Waals surface area contributed by atoms with Crippen molar-refractivity contribution in [2.75, 3.05) is 5.32 Å². The van der Waals surface area contributed by atoms with Crippen LogP contribution >= 0.6 is 11.6 Å². The Morgan fingerprint density at radius 1 is 1.17 bits per heavy atom. The lowest BCUT2D eigenvalue weighted by molar-refractivity contribution is 0.126. The number of aliphatic hydroxyl groups excluding tert-OH is 1. The molecule has 3 N–H and O–H groups in total. The number of anilines is 1. The van der Waals surface area contributed by atoms with Gasteiger partial charge in [-0.05, 0) is 56.4 Å². The van der Waals surface area contributed by atoms with E-state index in [9.17, 15) is 5.11 Å². The fraction of sp³-hybridized carbons (Fsp3) is 0.588. The average Bonchev–Trinajstić information content (AvgIpc) is 3.28. The van der Waals surface area contributed by atoms with Crippen LogP contribution in [0.4, 0.5) is 5.95 Å². The predicted octanol–water partition coefficient (Wildman–Crippen LogP) is 3.19. The quantitative estimate of drug-likeness (QED) is 0.773.